The van der Waals surface area contributed by atoms with Gasteiger partial charge in [0.2, 0.25) is 10.5 Å². The van der Waals surface area contributed by atoms with Gasteiger partial charge in [-0.1, -0.05) is 72.8 Å². The maximum atomic E-state index is 6.20. The summed E-state index contributed by atoms with van der Waals surface area (Å²) in [6, 6.07) is 24.4. The number of hydrogen-bond donors (Lipinski definition) is 0. The third-order valence-electron chi connectivity index (χ3n) is 5.85. The Balaban J connectivity index is 2.16. The molecule has 0 bridgehead atoms. The molecule has 0 heterocycles. The number of benzene rings is 3. The predicted octanol–water partition coefficient (Wildman–Crippen LogP) is 1.04. The largest absolute Gasteiger partial charge is 0.423 e. The first kappa shape index (κ1) is 28.8. The monoisotopic (exact) mass is 554 g/mol. The molecular formula is C25H30O7Si4. The fraction of sp³-hybridized carbons (Fsp3) is 0.280. The van der Waals surface area contributed by atoms with Gasteiger partial charge >= 0.3 is 27.9 Å². The minimum Gasteiger partial charge on any atom is -0.402 e. The van der Waals surface area contributed by atoms with Crippen molar-refractivity contribution in [1.82, 2.24) is 0 Å². The minimum absolute atomic E-state index is 0.934. The Morgan fingerprint density at radius 3 is 0.833 bits per heavy atom. The molecule has 0 aromatic heterocycles. The molecule has 188 valence electrons. The molecule has 0 saturated carbocycles. The molecule has 0 atom stereocenters. The lowest BCUT2D eigenvalue weighted by Crippen LogP contribution is -2.38. The van der Waals surface area contributed by atoms with Crippen LogP contribution in [0.1, 0.15) is 16.7 Å². The molecule has 3 aromatic carbocycles. The first-order chi connectivity index (χ1) is 17.5. The number of rotatable bonds is 13. The van der Waals surface area contributed by atoms with E-state index in [9.17, 15) is 0 Å². The Bertz CT molecular complexity index is 919. The molecular weight excluding hydrogens is 525 g/mol. The maximum Gasteiger partial charge on any atom is 0.423 e. The van der Waals surface area contributed by atoms with Gasteiger partial charge in [0.25, 0.3) is 0 Å². The van der Waals surface area contributed by atoms with E-state index in [1.54, 1.807) is 42.7 Å². The van der Waals surface area contributed by atoms with Crippen molar-refractivity contribution >= 4 is 53.9 Å². The molecule has 0 spiro atoms. The zero-order valence-electron chi connectivity index (χ0n) is 21.3. The van der Waals surface area contributed by atoms with Crippen LogP contribution in [0, 0.1) is 0 Å². The second kappa shape index (κ2) is 13.7. The van der Waals surface area contributed by atoms with E-state index < -0.39 is 33.5 Å². The summed E-state index contributed by atoms with van der Waals surface area (Å²) in [6.07, 6.45) is 0. The Morgan fingerprint density at radius 2 is 0.667 bits per heavy atom. The summed E-state index contributed by atoms with van der Waals surface area (Å²) in [5.74, 6) is 0. The van der Waals surface area contributed by atoms with E-state index in [-0.39, 0.29) is 0 Å². The lowest BCUT2D eigenvalue weighted by atomic mass is 9.80. The van der Waals surface area contributed by atoms with Gasteiger partial charge < -0.3 is 31.0 Å². The standard InChI is InChI=1S/C25H30O7Si4/c1-26-34(27-2)22-13-7-19(8-14-22)25(32-33,20-9-15-23(16-10-20)35(28-3)29-4)21-11-17-24(18-12-21)36(30-5)31-6/h7-18H,1-6H3. The zero-order valence-corrected chi connectivity index (χ0v) is 25.3. The molecule has 3 aromatic rings. The molecule has 7 nitrogen and oxygen atoms in total. The topological polar surface area (TPSA) is 64.6 Å². The van der Waals surface area contributed by atoms with Gasteiger partial charge in [-0.25, -0.2) is 0 Å². The predicted molar refractivity (Wildman–Crippen MR) is 144 cm³/mol. The highest BCUT2D eigenvalue weighted by Gasteiger charge is 2.37. The first-order valence-corrected chi connectivity index (χ1v) is 15.4. The highest BCUT2D eigenvalue weighted by atomic mass is 28.3. The quantitative estimate of drug-likeness (QED) is 0.231. The third kappa shape index (κ3) is 5.87. The summed E-state index contributed by atoms with van der Waals surface area (Å²) in [7, 11) is 8.77. The molecule has 0 fully saturated rings. The normalized spacial score (nSPS) is 12.2. The molecule has 11 heteroatoms. The van der Waals surface area contributed by atoms with E-state index in [4.69, 9.17) is 31.0 Å². The van der Waals surface area contributed by atoms with Crippen molar-refractivity contribution in [2.75, 3.05) is 42.7 Å². The third-order valence-corrected chi connectivity index (χ3v) is 10.8. The van der Waals surface area contributed by atoms with Crippen LogP contribution >= 0.6 is 0 Å². The Kier molecular flexibility index (Phi) is 11.0. The van der Waals surface area contributed by atoms with Crippen molar-refractivity contribution in [3.63, 3.8) is 0 Å². The smallest absolute Gasteiger partial charge is 0.402 e. The van der Waals surface area contributed by atoms with Crippen LogP contribution in [0.25, 0.3) is 0 Å². The van der Waals surface area contributed by atoms with Crippen molar-refractivity contribution < 1.29 is 31.0 Å². The van der Waals surface area contributed by atoms with E-state index in [0.717, 1.165) is 32.3 Å². The molecule has 0 saturated heterocycles. The summed E-state index contributed by atoms with van der Waals surface area (Å²) in [5, 5.41) is 3.01. The first-order valence-electron chi connectivity index (χ1n) is 11.0. The Morgan fingerprint density at radius 1 is 0.444 bits per heavy atom. The van der Waals surface area contributed by atoms with Gasteiger partial charge in [-0.05, 0) is 32.3 Å². The van der Waals surface area contributed by atoms with Crippen LogP contribution in [0.2, 0.25) is 0 Å². The molecule has 0 aliphatic rings. The summed E-state index contributed by atoms with van der Waals surface area (Å²) < 4.78 is 39.3. The Labute approximate surface area is 222 Å². The van der Waals surface area contributed by atoms with E-state index in [0.29, 0.717) is 0 Å². The van der Waals surface area contributed by atoms with Crippen LogP contribution in [0.15, 0.2) is 72.8 Å². The van der Waals surface area contributed by atoms with E-state index in [2.05, 4.69) is 10.5 Å². The van der Waals surface area contributed by atoms with Crippen molar-refractivity contribution in [3.05, 3.63) is 89.5 Å². The molecule has 6 radical (unpaired) electrons. The van der Waals surface area contributed by atoms with Crippen LogP contribution in [0.5, 0.6) is 0 Å². The van der Waals surface area contributed by atoms with Gasteiger partial charge in [0, 0.05) is 42.7 Å². The van der Waals surface area contributed by atoms with Crippen molar-refractivity contribution in [1.29, 1.82) is 0 Å². The zero-order chi connectivity index (χ0) is 26.1. The SMILES string of the molecule is CO[Si](OC)c1ccc(C(O[Si])(c2ccc([Si](OC)OC)cc2)c2ccc([Si](OC)OC)cc2)cc1. The average molecular weight is 555 g/mol. The second-order valence-corrected chi connectivity index (χ2v) is 13.7. The molecule has 0 unspecified atom stereocenters. The van der Waals surface area contributed by atoms with Crippen molar-refractivity contribution in [3.8, 4) is 0 Å². The fourth-order valence-corrected chi connectivity index (χ4v) is 7.74. The van der Waals surface area contributed by atoms with E-state index in [1.165, 1.54) is 0 Å². The summed E-state index contributed by atoms with van der Waals surface area (Å²) >= 11 is 0. The Hall–Kier alpha value is -1.75. The molecule has 36 heavy (non-hydrogen) atoms. The van der Waals surface area contributed by atoms with Gasteiger partial charge in [0.15, 0.2) is 0 Å². The van der Waals surface area contributed by atoms with Crippen LogP contribution in [0.4, 0.5) is 0 Å². The van der Waals surface area contributed by atoms with Crippen LogP contribution in [-0.4, -0.2) is 81.0 Å². The van der Waals surface area contributed by atoms with Crippen molar-refractivity contribution in [2.45, 2.75) is 5.60 Å². The lowest BCUT2D eigenvalue weighted by Gasteiger charge is -2.35. The van der Waals surface area contributed by atoms with Crippen LogP contribution in [-0.2, 0) is 36.6 Å². The van der Waals surface area contributed by atoms with E-state index in [1.807, 2.05) is 72.8 Å². The van der Waals surface area contributed by atoms with Gasteiger partial charge in [-0.15, -0.1) is 0 Å². The second-order valence-electron chi connectivity index (χ2n) is 7.60. The van der Waals surface area contributed by atoms with Gasteiger partial charge in [0.1, 0.15) is 5.60 Å². The maximum absolute atomic E-state index is 6.20. The number of hydrogen-bond acceptors (Lipinski definition) is 7. The van der Waals surface area contributed by atoms with Crippen molar-refractivity contribution in [2.24, 2.45) is 0 Å². The van der Waals surface area contributed by atoms with Gasteiger partial charge in [-0.3, -0.25) is 0 Å². The van der Waals surface area contributed by atoms with Gasteiger partial charge in [0.05, 0.1) is 0 Å². The van der Waals surface area contributed by atoms with Crippen LogP contribution in [0.3, 0.4) is 0 Å². The molecule has 3 rings (SSSR count). The lowest BCUT2D eigenvalue weighted by molar-refractivity contribution is 0.173. The average Bonchev–Trinajstić information content (AvgIpc) is 2.94. The van der Waals surface area contributed by atoms with Crippen LogP contribution < -0.4 is 15.6 Å². The molecule has 0 aliphatic heterocycles. The summed E-state index contributed by atoms with van der Waals surface area (Å²) in [4.78, 5) is 0. The molecule has 0 N–H and O–H groups in total. The fourth-order valence-electron chi connectivity index (χ4n) is 4.16. The molecule has 0 amide bonds. The highest BCUT2D eigenvalue weighted by Crippen LogP contribution is 2.39. The summed E-state index contributed by atoms with van der Waals surface area (Å²) in [5.41, 5.74) is 1.86. The van der Waals surface area contributed by atoms with Gasteiger partial charge in [-0.2, -0.15) is 0 Å². The minimum atomic E-state index is -1.54. The summed E-state index contributed by atoms with van der Waals surface area (Å²) in [6.45, 7) is 0. The molecule has 0 aliphatic carbocycles. The highest BCUT2D eigenvalue weighted by molar-refractivity contribution is 6.62. The van der Waals surface area contributed by atoms with E-state index >= 15 is 0 Å².